The first-order valence-electron chi connectivity index (χ1n) is 8.80. The number of hydrogen-bond acceptors (Lipinski definition) is 5. The molecule has 0 radical (unpaired) electrons. The van der Waals surface area contributed by atoms with E-state index in [1.165, 1.54) is 18.9 Å². The third kappa shape index (κ3) is 3.70. The molecule has 2 fully saturated rings. The van der Waals surface area contributed by atoms with Crippen molar-refractivity contribution < 1.29 is 8.78 Å². The van der Waals surface area contributed by atoms with Crippen LogP contribution in [-0.2, 0) is 6.54 Å². The lowest BCUT2D eigenvalue weighted by molar-refractivity contribution is 0.145. The molecule has 1 aliphatic carbocycles. The van der Waals surface area contributed by atoms with Crippen LogP contribution in [0, 0.1) is 0 Å². The van der Waals surface area contributed by atoms with Gasteiger partial charge in [0.25, 0.3) is 6.43 Å². The fourth-order valence-corrected chi connectivity index (χ4v) is 3.18. The molecule has 0 aromatic carbocycles. The van der Waals surface area contributed by atoms with Crippen LogP contribution in [0.5, 0.6) is 0 Å². The predicted molar refractivity (Wildman–Crippen MR) is 92.0 cm³/mol. The quantitative estimate of drug-likeness (QED) is 0.860. The van der Waals surface area contributed by atoms with Crippen LogP contribution in [0.4, 0.5) is 20.4 Å². The highest BCUT2D eigenvalue weighted by atomic mass is 19.3. The average Bonchev–Trinajstić information content (AvgIpc) is 3.35. The van der Waals surface area contributed by atoms with Gasteiger partial charge in [0, 0.05) is 43.4 Å². The van der Waals surface area contributed by atoms with Gasteiger partial charge in [0.2, 0.25) is 0 Å². The zero-order valence-electron chi connectivity index (χ0n) is 14.0. The number of aromatic nitrogens is 3. The minimum atomic E-state index is -2.58. The van der Waals surface area contributed by atoms with Gasteiger partial charge in [-0.3, -0.25) is 0 Å². The SMILES string of the molecule is FC(F)c1cc(NCc2cccnc2N2CCCC2)nc(C2CC2)n1. The summed E-state index contributed by atoms with van der Waals surface area (Å²) in [7, 11) is 0. The normalized spacial score (nSPS) is 17.3. The summed E-state index contributed by atoms with van der Waals surface area (Å²) in [6, 6.07) is 5.27. The van der Waals surface area contributed by atoms with Crippen molar-refractivity contribution >= 4 is 11.6 Å². The molecule has 2 aliphatic rings. The summed E-state index contributed by atoms with van der Waals surface area (Å²) < 4.78 is 26.2. The molecule has 5 nitrogen and oxygen atoms in total. The Kier molecular flexibility index (Phi) is 4.46. The molecule has 2 aromatic rings. The van der Waals surface area contributed by atoms with Gasteiger partial charge < -0.3 is 10.2 Å². The van der Waals surface area contributed by atoms with Crippen molar-refractivity contribution in [3.8, 4) is 0 Å². The van der Waals surface area contributed by atoms with Crippen molar-refractivity contribution in [1.29, 1.82) is 0 Å². The number of anilines is 2. The summed E-state index contributed by atoms with van der Waals surface area (Å²) in [6.07, 6.45) is 3.53. The zero-order valence-corrected chi connectivity index (χ0v) is 14.0. The number of nitrogens with zero attached hydrogens (tertiary/aromatic N) is 4. The van der Waals surface area contributed by atoms with Crippen LogP contribution in [0.15, 0.2) is 24.4 Å². The molecule has 0 bridgehead atoms. The minimum Gasteiger partial charge on any atom is -0.366 e. The Balaban J connectivity index is 1.53. The maximum atomic E-state index is 13.1. The second kappa shape index (κ2) is 6.90. The molecule has 0 atom stereocenters. The van der Waals surface area contributed by atoms with Crippen molar-refractivity contribution in [3.63, 3.8) is 0 Å². The van der Waals surface area contributed by atoms with Crippen LogP contribution in [0.25, 0.3) is 0 Å². The molecule has 4 rings (SSSR count). The molecular formula is C18H21F2N5. The highest BCUT2D eigenvalue weighted by Gasteiger charge is 2.28. The van der Waals surface area contributed by atoms with Crippen LogP contribution in [0.2, 0.25) is 0 Å². The van der Waals surface area contributed by atoms with E-state index in [-0.39, 0.29) is 11.6 Å². The van der Waals surface area contributed by atoms with Crippen molar-refractivity contribution in [2.24, 2.45) is 0 Å². The summed E-state index contributed by atoms with van der Waals surface area (Å²) in [5, 5.41) is 3.19. The van der Waals surface area contributed by atoms with Gasteiger partial charge in [-0.15, -0.1) is 0 Å². The van der Waals surface area contributed by atoms with E-state index in [2.05, 4.69) is 25.2 Å². The molecule has 0 amide bonds. The van der Waals surface area contributed by atoms with E-state index in [1.54, 1.807) is 6.20 Å². The maximum absolute atomic E-state index is 13.1. The number of rotatable bonds is 6. The lowest BCUT2D eigenvalue weighted by Gasteiger charge is -2.20. The Labute approximate surface area is 145 Å². The van der Waals surface area contributed by atoms with Crippen molar-refractivity contribution in [1.82, 2.24) is 15.0 Å². The lowest BCUT2D eigenvalue weighted by Crippen LogP contribution is -2.21. The van der Waals surface area contributed by atoms with E-state index in [1.807, 2.05) is 12.1 Å². The fraction of sp³-hybridized carbons (Fsp3) is 0.500. The first-order valence-corrected chi connectivity index (χ1v) is 8.80. The van der Waals surface area contributed by atoms with Gasteiger partial charge in [-0.1, -0.05) is 6.07 Å². The van der Waals surface area contributed by atoms with E-state index in [4.69, 9.17) is 0 Å². The summed E-state index contributed by atoms with van der Waals surface area (Å²) in [4.78, 5) is 15.2. The number of alkyl halides is 2. The lowest BCUT2D eigenvalue weighted by atomic mass is 10.2. The number of nitrogens with one attached hydrogen (secondary N) is 1. The number of pyridine rings is 1. The van der Waals surface area contributed by atoms with Crippen LogP contribution in [-0.4, -0.2) is 28.0 Å². The van der Waals surface area contributed by atoms with Gasteiger partial charge in [-0.25, -0.2) is 23.7 Å². The predicted octanol–water partition coefficient (Wildman–Crippen LogP) is 3.90. The highest BCUT2D eigenvalue weighted by Crippen LogP contribution is 2.39. The van der Waals surface area contributed by atoms with E-state index in [0.717, 1.165) is 37.3 Å². The Hall–Kier alpha value is -2.31. The Bertz CT molecular complexity index is 722. The zero-order chi connectivity index (χ0) is 17.2. The molecule has 1 N–H and O–H groups in total. The van der Waals surface area contributed by atoms with E-state index >= 15 is 0 Å². The van der Waals surface area contributed by atoms with Gasteiger partial charge >= 0.3 is 0 Å². The topological polar surface area (TPSA) is 53.9 Å². The highest BCUT2D eigenvalue weighted by molar-refractivity contribution is 5.49. The molecule has 3 heterocycles. The second-order valence-corrected chi connectivity index (χ2v) is 6.65. The standard InChI is InChI=1S/C18H21F2N5/c19-16(20)14-10-15(24-17(23-14)12-5-6-12)22-11-13-4-3-7-21-18(13)25-8-1-2-9-25/h3-4,7,10,12,16H,1-2,5-6,8-9,11H2,(H,22,23,24). The van der Waals surface area contributed by atoms with Gasteiger partial charge in [0.05, 0.1) is 0 Å². The Morgan fingerprint density at radius 3 is 2.72 bits per heavy atom. The Morgan fingerprint density at radius 1 is 1.20 bits per heavy atom. The molecule has 1 saturated heterocycles. The molecule has 7 heteroatoms. The van der Waals surface area contributed by atoms with E-state index in [9.17, 15) is 8.78 Å². The minimum absolute atomic E-state index is 0.203. The summed E-state index contributed by atoms with van der Waals surface area (Å²) >= 11 is 0. The maximum Gasteiger partial charge on any atom is 0.280 e. The molecule has 0 unspecified atom stereocenters. The summed E-state index contributed by atoms with van der Waals surface area (Å²) in [5.74, 6) is 2.20. The van der Waals surface area contributed by atoms with Crippen molar-refractivity contribution in [2.45, 2.75) is 44.6 Å². The monoisotopic (exact) mass is 345 g/mol. The third-order valence-electron chi connectivity index (χ3n) is 4.66. The van der Waals surface area contributed by atoms with Crippen LogP contribution in [0.3, 0.4) is 0 Å². The molecule has 1 saturated carbocycles. The van der Waals surface area contributed by atoms with Gasteiger partial charge in [0.1, 0.15) is 23.2 Å². The van der Waals surface area contributed by atoms with Crippen molar-refractivity contribution in [3.05, 3.63) is 41.5 Å². The Morgan fingerprint density at radius 2 is 2.00 bits per heavy atom. The molecule has 0 spiro atoms. The molecule has 2 aromatic heterocycles. The second-order valence-electron chi connectivity index (χ2n) is 6.65. The summed E-state index contributed by atoms with van der Waals surface area (Å²) in [6.45, 7) is 2.53. The van der Waals surface area contributed by atoms with Gasteiger partial charge in [-0.2, -0.15) is 0 Å². The number of halogens is 2. The van der Waals surface area contributed by atoms with Crippen LogP contribution >= 0.6 is 0 Å². The fourth-order valence-electron chi connectivity index (χ4n) is 3.18. The van der Waals surface area contributed by atoms with Crippen molar-refractivity contribution in [2.75, 3.05) is 23.3 Å². The third-order valence-corrected chi connectivity index (χ3v) is 4.66. The molecule has 25 heavy (non-hydrogen) atoms. The van der Waals surface area contributed by atoms with E-state index < -0.39 is 6.43 Å². The smallest absolute Gasteiger partial charge is 0.280 e. The molecule has 132 valence electrons. The van der Waals surface area contributed by atoms with Crippen LogP contribution in [0.1, 0.15) is 55.1 Å². The summed E-state index contributed by atoms with van der Waals surface area (Å²) in [5.41, 5.74) is 0.847. The van der Waals surface area contributed by atoms with Crippen LogP contribution < -0.4 is 10.2 Å². The first kappa shape index (κ1) is 16.2. The average molecular weight is 345 g/mol. The number of hydrogen-bond donors (Lipinski definition) is 1. The van der Waals surface area contributed by atoms with Gasteiger partial charge in [-0.05, 0) is 31.7 Å². The van der Waals surface area contributed by atoms with Gasteiger partial charge in [0.15, 0.2) is 0 Å². The molecule has 1 aliphatic heterocycles. The molecular weight excluding hydrogens is 324 g/mol. The largest absolute Gasteiger partial charge is 0.366 e. The first-order chi connectivity index (χ1) is 12.2. The van der Waals surface area contributed by atoms with E-state index in [0.29, 0.717) is 18.2 Å².